The number of hydrogen-bond acceptors (Lipinski definition) is 2. The summed E-state index contributed by atoms with van der Waals surface area (Å²) < 4.78 is 0. The molecule has 2 aromatic rings. The lowest BCUT2D eigenvalue weighted by atomic mass is 10.2. The van der Waals surface area contributed by atoms with Crippen molar-refractivity contribution >= 4 is 69.4 Å². The lowest BCUT2D eigenvalue weighted by Gasteiger charge is -2.36. The van der Waals surface area contributed by atoms with E-state index in [1.54, 1.807) is 24.3 Å². The number of piperazine rings is 1. The summed E-state index contributed by atoms with van der Waals surface area (Å²) in [7, 11) is 0. The van der Waals surface area contributed by atoms with Gasteiger partial charge in [-0.15, -0.1) is 0 Å². The van der Waals surface area contributed by atoms with E-state index < -0.39 is 0 Å². The highest BCUT2D eigenvalue weighted by Crippen LogP contribution is 2.26. The molecule has 1 aliphatic heterocycles. The number of rotatable bonds is 3. The van der Waals surface area contributed by atoms with Gasteiger partial charge in [0.05, 0.1) is 10.7 Å². The predicted molar refractivity (Wildman–Crippen MR) is 116 cm³/mol. The second-order valence-corrected chi connectivity index (χ2v) is 8.13. The van der Waals surface area contributed by atoms with Crippen LogP contribution in [0.25, 0.3) is 0 Å². The van der Waals surface area contributed by atoms with Crippen LogP contribution < -0.4 is 5.32 Å². The summed E-state index contributed by atoms with van der Waals surface area (Å²) in [6, 6.07) is 10.9. The number of thiocarbonyl (C=S) groups is 1. The van der Waals surface area contributed by atoms with Crippen LogP contribution >= 0.6 is 58.6 Å². The number of benzene rings is 2. The Labute approximate surface area is 178 Å². The van der Waals surface area contributed by atoms with Crippen LogP contribution in [0.15, 0.2) is 36.4 Å². The molecular formula is C18H17Cl4N3S. The molecule has 1 fully saturated rings. The van der Waals surface area contributed by atoms with Crippen molar-refractivity contribution in [3.63, 3.8) is 0 Å². The van der Waals surface area contributed by atoms with Gasteiger partial charge in [0.2, 0.25) is 0 Å². The van der Waals surface area contributed by atoms with Gasteiger partial charge in [-0.2, -0.15) is 0 Å². The van der Waals surface area contributed by atoms with E-state index in [2.05, 4.69) is 15.1 Å². The Kier molecular flexibility index (Phi) is 6.89. The molecule has 1 heterocycles. The Morgan fingerprint density at radius 3 is 2.23 bits per heavy atom. The molecule has 0 unspecified atom stereocenters. The summed E-state index contributed by atoms with van der Waals surface area (Å²) >= 11 is 30.0. The fourth-order valence-electron chi connectivity index (χ4n) is 2.79. The molecule has 0 radical (unpaired) electrons. The van der Waals surface area contributed by atoms with Gasteiger partial charge in [0, 0.05) is 47.8 Å². The van der Waals surface area contributed by atoms with E-state index in [1.807, 2.05) is 12.1 Å². The number of anilines is 1. The van der Waals surface area contributed by atoms with E-state index in [-0.39, 0.29) is 0 Å². The van der Waals surface area contributed by atoms with Gasteiger partial charge < -0.3 is 10.2 Å². The van der Waals surface area contributed by atoms with Crippen molar-refractivity contribution in [2.45, 2.75) is 6.54 Å². The van der Waals surface area contributed by atoms with E-state index in [1.165, 1.54) is 0 Å². The predicted octanol–water partition coefficient (Wildman–Crippen LogP) is 5.81. The number of halogens is 4. The molecule has 2 aromatic carbocycles. The molecule has 138 valence electrons. The lowest BCUT2D eigenvalue weighted by molar-refractivity contribution is 0.177. The summed E-state index contributed by atoms with van der Waals surface area (Å²) in [4.78, 5) is 4.48. The number of nitrogens with zero attached hydrogens (tertiary/aromatic N) is 2. The molecule has 8 heteroatoms. The van der Waals surface area contributed by atoms with Crippen molar-refractivity contribution in [3.05, 3.63) is 62.1 Å². The van der Waals surface area contributed by atoms with Crippen LogP contribution in [0.2, 0.25) is 20.1 Å². The van der Waals surface area contributed by atoms with Crippen LogP contribution in [0, 0.1) is 0 Å². The highest BCUT2D eigenvalue weighted by atomic mass is 35.5. The van der Waals surface area contributed by atoms with Crippen molar-refractivity contribution < 1.29 is 0 Å². The first-order valence-corrected chi connectivity index (χ1v) is 10.0. The van der Waals surface area contributed by atoms with Crippen molar-refractivity contribution in [2.75, 3.05) is 31.5 Å². The minimum absolute atomic E-state index is 0.591. The number of hydrogen-bond donors (Lipinski definition) is 1. The smallest absolute Gasteiger partial charge is 0.173 e. The van der Waals surface area contributed by atoms with Gasteiger partial charge >= 0.3 is 0 Å². The fraction of sp³-hybridized carbons (Fsp3) is 0.278. The molecule has 3 nitrogen and oxygen atoms in total. The lowest BCUT2D eigenvalue weighted by Crippen LogP contribution is -2.49. The maximum absolute atomic E-state index is 6.27. The Morgan fingerprint density at radius 2 is 1.54 bits per heavy atom. The second-order valence-electron chi connectivity index (χ2n) is 6.05. The third-order valence-corrected chi connectivity index (χ3v) is 5.75. The highest BCUT2D eigenvalue weighted by molar-refractivity contribution is 7.80. The normalized spacial score (nSPS) is 15.2. The van der Waals surface area contributed by atoms with Crippen LogP contribution in [-0.4, -0.2) is 41.1 Å². The molecular weight excluding hydrogens is 432 g/mol. The third kappa shape index (κ3) is 5.16. The maximum atomic E-state index is 6.27. The molecule has 0 spiro atoms. The topological polar surface area (TPSA) is 18.5 Å². The van der Waals surface area contributed by atoms with Gasteiger partial charge in [-0.25, -0.2) is 0 Å². The van der Waals surface area contributed by atoms with E-state index in [4.69, 9.17) is 58.6 Å². The van der Waals surface area contributed by atoms with E-state index in [0.717, 1.165) is 44.0 Å². The largest absolute Gasteiger partial charge is 0.346 e. The molecule has 1 N–H and O–H groups in total. The highest BCUT2D eigenvalue weighted by Gasteiger charge is 2.20. The Balaban J connectivity index is 1.54. The van der Waals surface area contributed by atoms with Crippen LogP contribution in [0.5, 0.6) is 0 Å². The fourth-order valence-corrected chi connectivity index (χ4v) is 3.89. The Morgan fingerprint density at radius 1 is 0.885 bits per heavy atom. The molecule has 0 aromatic heterocycles. The molecule has 0 atom stereocenters. The molecule has 1 aliphatic rings. The van der Waals surface area contributed by atoms with Crippen molar-refractivity contribution in [1.82, 2.24) is 9.80 Å². The monoisotopic (exact) mass is 447 g/mol. The first kappa shape index (κ1) is 20.0. The summed E-state index contributed by atoms with van der Waals surface area (Å²) in [5.74, 6) is 0. The van der Waals surface area contributed by atoms with Crippen molar-refractivity contribution in [3.8, 4) is 0 Å². The zero-order valence-corrected chi connectivity index (χ0v) is 17.7. The first-order chi connectivity index (χ1) is 12.4. The summed E-state index contributed by atoms with van der Waals surface area (Å²) in [5, 5.41) is 6.40. The number of nitrogens with one attached hydrogen (secondary N) is 1. The van der Waals surface area contributed by atoms with Crippen LogP contribution in [-0.2, 0) is 6.54 Å². The molecule has 0 amide bonds. The molecule has 26 heavy (non-hydrogen) atoms. The Bertz CT molecular complexity index is 807. The molecule has 0 bridgehead atoms. The van der Waals surface area contributed by atoms with Gasteiger partial charge in [0.15, 0.2) is 5.11 Å². The molecule has 1 saturated heterocycles. The first-order valence-electron chi connectivity index (χ1n) is 8.09. The minimum atomic E-state index is 0.591. The average Bonchev–Trinajstić information content (AvgIpc) is 2.61. The van der Waals surface area contributed by atoms with E-state index >= 15 is 0 Å². The van der Waals surface area contributed by atoms with E-state index in [0.29, 0.717) is 25.2 Å². The van der Waals surface area contributed by atoms with Gasteiger partial charge in [0.25, 0.3) is 0 Å². The van der Waals surface area contributed by atoms with Gasteiger partial charge in [-0.1, -0.05) is 52.5 Å². The standard InChI is InChI=1S/C18H17Cl4N3S/c19-13-2-1-12(16(22)9-13)11-24-5-7-25(8-6-24)18(26)23-17-10-14(20)3-4-15(17)21/h1-4,9-10H,5-8,11H2,(H,23,26). The van der Waals surface area contributed by atoms with Crippen LogP contribution in [0.1, 0.15) is 5.56 Å². The van der Waals surface area contributed by atoms with Gasteiger partial charge in [0.1, 0.15) is 0 Å². The quantitative estimate of drug-likeness (QED) is 0.596. The Hall–Kier alpha value is -0.750. The summed E-state index contributed by atoms with van der Waals surface area (Å²) in [5.41, 5.74) is 1.80. The van der Waals surface area contributed by atoms with Crippen LogP contribution in [0.4, 0.5) is 5.69 Å². The van der Waals surface area contributed by atoms with Gasteiger partial charge in [-0.3, -0.25) is 4.90 Å². The zero-order chi connectivity index (χ0) is 18.7. The summed E-state index contributed by atoms with van der Waals surface area (Å²) in [6.45, 7) is 4.24. The maximum Gasteiger partial charge on any atom is 0.173 e. The van der Waals surface area contributed by atoms with E-state index in [9.17, 15) is 0 Å². The van der Waals surface area contributed by atoms with Crippen molar-refractivity contribution in [1.29, 1.82) is 0 Å². The molecule has 0 saturated carbocycles. The second kappa shape index (κ2) is 8.96. The average molecular weight is 449 g/mol. The van der Waals surface area contributed by atoms with Crippen LogP contribution in [0.3, 0.4) is 0 Å². The molecule has 0 aliphatic carbocycles. The van der Waals surface area contributed by atoms with Crippen molar-refractivity contribution in [2.24, 2.45) is 0 Å². The SMILES string of the molecule is S=C(Nc1cc(Cl)ccc1Cl)N1CCN(Cc2ccc(Cl)cc2Cl)CC1. The zero-order valence-electron chi connectivity index (χ0n) is 13.8. The summed E-state index contributed by atoms with van der Waals surface area (Å²) in [6.07, 6.45) is 0. The van der Waals surface area contributed by atoms with Gasteiger partial charge in [-0.05, 0) is 48.1 Å². The minimum Gasteiger partial charge on any atom is -0.346 e. The third-order valence-electron chi connectivity index (χ3n) is 4.24. The molecule has 3 rings (SSSR count).